The maximum atomic E-state index is 5.24. The molecule has 0 atom stereocenters. The summed E-state index contributed by atoms with van der Waals surface area (Å²) in [4.78, 5) is 2.40. The second-order valence-electron chi connectivity index (χ2n) is 5.59. The van der Waals surface area contributed by atoms with Gasteiger partial charge in [-0.05, 0) is 37.6 Å². The quantitative estimate of drug-likeness (QED) is 0.777. The van der Waals surface area contributed by atoms with Gasteiger partial charge in [-0.15, -0.1) is 0 Å². The predicted molar refractivity (Wildman–Crippen MR) is 90.5 cm³/mol. The molecule has 0 aliphatic rings. The lowest BCUT2D eigenvalue weighted by Crippen LogP contribution is -2.35. The van der Waals surface area contributed by atoms with Crippen molar-refractivity contribution in [3.05, 3.63) is 28.2 Å². The molecule has 0 aromatic heterocycles. The summed E-state index contributed by atoms with van der Waals surface area (Å²) in [5.41, 5.74) is 2.60. The number of nitrogens with zero attached hydrogens (tertiary/aromatic N) is 1. The Morgan fingerprint density at radius 2 is 1.95 bits per heavy atom. The summed E-state index contributed by atoms with van der Waals surface area (Å²) >= 11 is 3.57. The van der Waals surface area contributed by atoms with Crippen LogP contribution in [0.5, 0.6) is 0 Å². The zero-order valence-electron chi connectivity index (χ0n) is 13.2. The summed E-state index contributed by atoms with van der Waals surface area (Å²) in [6.07, 6.45) is 0. The molecule has 0 unspecified atom stereocenters. The van der Waals surface area contributed by atoms with Gasteiger partial charge in [-0.2, -0.15) is 0 Å². The lowest BCUT2D eigenvalue weighted by molar-refractivity contribution is 0.203. The molecule has 4 heteroatoms. The Hall–Kier alpha value is -0.580. The molecule has 0 radical (unpaired) electrons. The molecule has 0 bridgehead atoms. The maximum Gasteiger partial charge on any atom is 0.0637 e. The van der Waals surface area contributed by atoms with Crippen molar-refractivity contribution in [3.8, 4) is 0 Å². The van der Waals surface area contributed by atoms with Crippen LogP contribution in [-0.2, 0) is 11.3 Å². The number of anilines is 1. The molecule has 3 nitrogen and oxygen atoms in total. The summed E-state index contributed by atoms with van der Waals surface area (Å²) in [7, 11) is 1.75. The fourth-order valence-corrected chi connectivity index (χ4v) is 2.54. The van der Waals surface area contributed by atoms with Gasteiger partial charge in [-0.25, -0.2) is 0 Å². The molecule has 0 aliphatic carbocycles. The minimum Gasteiger partial charge on any atom is -0.383 e. The summed E-state index contributed by atoms with van der Waals surface area (Å²) in [5, 5.41) is 3.50. The Morgan fingerprint density at radius 1 is 1.25 bits per heavy atom. The Morgan fingerprint density at radius 3 is 2.50 bits per heavy atom. The molecule has 0 aliphatic heterocycles. The van der Waals surface area contributed by atoms with Crippen LogP contribution in [0.4, 0.5) is 5.69 Å². The van der Waals surface area contributed by atoms with E-state index in [1.54, 1.807) is 7.11 Å². The Balaban J connectivity index is 2.99. The van der Waals surface area contributed by atoms with Crippen molar-refractivity contribution < 1.29 is 4.74 Å². The SMILES string of the molecule is COCCN(c1ccc(Br)cc1CNC(C)C)C(C)C. The highest BCUT2D eigenvalue weighted by atomic mass is 79.9. The van der Waals surface area contributed by atoms with Crippen LogP contribution in [0.3, 0.4) is 0 Å². The monoisotopic (exact) mass is 342 g/mol. The van der Waals surface area contributed by atoms with Crippen molar-refractivity contribution in [1.29, 1.82) is 0 Å². The first-order valence-corrected chi connectivity index (χ1v) is 8.02. The number of rotatable bonds is 8. The lowest BCUT2D eigenvalue weighted by atomic mass is 10.1. The topological polar surface area (TPSA) is 24.5 Å². The molecule has 0 spiro atoms. The molecule has 0 heterocycles. The van der Waals surface area contributed by atoms with E-state index >= 15 is 0 Å². The fraction of sp³-hybridized carbons (Fsp3) is 0.625. The number of hydrogen-bond donors (Lipinski definition) is 1. The van der Waals surface area contributed by atoms with Crippen LogP contribution in [0.15, 0.2) is 22.7 Å². The number of ether oxygens (including phenoxy) is 1. The predicted octanol–water partition coefficient (Wildman–Crippen LogP) is 3.81. The molecule has 1 rings (SSSR count). The number of hydrogen-bond acceptors (Lipinski definition) is 3. The highest BCUT2D eigenvalue weighted by Crippen LogP contribution is 2.26. The molecule has 0 amide bonds. The Kier molecular flexibility index (Phi) is 7.56. The van der Waals surface area contributed by atoms with Crippen LogP contribution in [0.1, 0.15) is 33.3 Å². The normalized spacial score (nSPS) is 11.4. The van der Waals surface area contributed by atoms with Crippen LogP contribution in [-0.4, -0.2) is 32.3 Å². The van der Waals surface area contributed by atoms with Gasteiger partial charge >= 0.3 is 0 Å². The lowest BCUT2D eigenvalue weighted by Gasteiger charge is -2.31. The first-order chi connectivity index (χ1) is 9.45. The number of nitrogens with one attached hydrogen (secondary N) is 1. The van der Waals surface area contributed by atoms with E-state index in [4.69, 9.17) is 4.74 Å². The van der Waals surface area contributed by atoms with Gasteiger partial charge in [0, 0.05) is 42.4 Å². The number of halogens is 1. The largest absolute Gasteiger partial charge is 0.383 e. The average molecular weight is 343 g/mol. The standard InChI is InChI=1S/C16H27BrN2O/c1-12(2)18-11-14-10-15(17)6-7-16(14)19(13(3)4)8-9-20-5/h6-7,10,12-13,18H,8-9,11H2,1-5H3. The number of methoxy groups -OCH3 is 1. The van der Waals surface area contributed by atoms with Crippen LogP contribution >= 0.6 is 15.9 Å². The first kappa shape index (κ1) is 17.5. The average Bonchev–Trinajstić information content (AvgIpc) is 2.38. The van der Waals surface area contributed by atoms with E-state index in [0.29, 0.717) is 12.1 Å². The van der Waals surface area contributed by atoms with Gasteiger partial charge < -0.3 is 15.0 Å². The third-order valence-corrected chi connectivity index (χ3v) is 3.70. The zero-order chi connectivity index (χ0) is 15.1. The minimum absolute atomic E-state index is 0.448. The summed E-state index contributed by atoms with van der Waals surface area (Å²) in [6.45, 7) is 11.3. The molecule has 1 aromatic rings. The van der Waals surface area contributed by atoms with E-state index in [2.05, 4.69) is 72.0 Å². The number of benzene rings is 1. The van der Waals surface area contributed by atoms with Crippen LogP contribution in [0, 0.1) is 0 Å². The van der Waals surface area contributed by atoms with Crippen molar-refractivity contribution in [2.24, 2.45) is 0 Å². The van der Waals surface area contributed by atoms with Gasteiger partial charge in [0.15, 0.2) is 0 Å². The van der Waals surface area contributed by atoms with E-state index in [-0.39, 0.29) is 0 Å². The molecular formula is C16H27BrN2O. The fourth-order valence-electron chi connectivity index (χ4n) is 2.14. The molecule has 1 aromatic carbocycles. The minimum atomic E-state index is 0.448. The molecule has 1 N–H and O–H groups in total. The van der Waals surface area contributed by atoms with E-state index in [0.717, 1.165) is 24.2 Å². The van der Waals surface area contributed by atoms with Gasteiger partial charge in [0.2, 0.25) is 0 Å². The van der Waals surface area contributed by atoms with E-state index in [9.17, 15) is 0 Å². The maximum absolute atomic E-state index is 5.24. The van der Waals surface area contributed by atoms with Gasteiger partial charge in [-0.1, -0.05) is 29.8 Å². The van der Waals surface area contributed by atoms with E-state index in [1.807, 2.05) is 0 Å². The molecule has 20 heavy (non-hydrogen) atoms. The molecule has 114 valence electrons. The van der Waals surface area contributed by atoms with Crippen LogP contribution < -0.4 is 10.2 Å². The van der Waals surface area contributed by atoms with Gasteiger partial charge in [-0.3, -0.25) is 0 Å². The molecule has 0 fully saturated rings. The summed E-state index contributed by atoms with van der Waals surface area (Å²) in [6, 6.07) is 7.43. The summed E-state index contributed by atoms with van der Waals surface area (Å²) < 4.78 is 6.36. The van der Waals surface area contributed by atoms with E-state index < -0.39 is 0 Å². The highest BCUT2D eigenvalue weighted by Gasteiger charge is 2.14. The Bertz CT molecular complexity index is 407. The van der Waals surface area contributed by atoms with Crippen LogP contribution in [0.25, 0.3) is 0 Å². The third kappa shape index (κ3) is 5.43. The Labute approximate surface area is 131 Å². The van der Waals surface area contributed by atoms with Crippen LogP contribution in [0.2, 0.25) is 0 Å². The summed E-state index contributed by atoms with van der Waals surface area (Å²) in [5.74, 6) is 0. The third-order valence-electron chi connectivity index (χ3n) is 3.21. The van der Waals surface area contributed by atoms with E-state index in [1.165, 1.54) is 11.3 Å². The molecular weight excluding hydrogens is 316 g/mol. The molecule has 0 saturated heterocycles. The highest BCUT2D eigenvalue weighted by molar-refractivity contribution is 9.10. The van der Waals surface area contributed by atoms with Crippen molar-refractivity contribution in [1.82, 2.24) is 5.32 Å². The first-order valence-electron chi connectivity index (χ1n) is 7.23. The van der Waals surface area contributed by atoms with Gasteiger partial charge in [0.25, 0.3) is 0 Å². The van der Waals surface area contributed by atoms with Gasteiger partial charge in [0.1, 0.15) is 0 Å². The second kappa shape index (κ2) is 8.65. The smallest absolute Gasteiger partial charge is 0.0637 e. The van der Waals surface area contributed by atoms with Crippen molar-refractivity contribution in [2.45, 2.75) is 46.3 Å². The zero-order valence-corrected chi connectivity index (χ0v) is 14.8. The van der Waals surface area contributed by atoms with Crippen molar-refractivity contribution in [3.63, 3.8) is 0 Å². The van der Waals surface area contributed by atoms with Gasteiger partial charge in [0.05, 0.1) is 6.61 Å². The molecule has 0 saturated carbocycles. The second-order valence-corrected chi connectivity index (χ2v) is 6.50. The van der Waals surface area contributed by atoms with Crippen molar-refractivity contribution >= 4 is 21.6 Å². The van der Waals surface area contributed by atoms with Crippen molar-refractivity contribution in [2.75, 3.05) is 25.2 Å².